The minimum Gasteiger partial charge on any atom is -0.379 e. The van der Waals surface area contributed by atoms with E-state index in [4.69, 9.17) is 10.5 Å². The molecule has 1 aliphatic heterocycles. The Morgan fingerprint density at radius 1 is 1.00 bits per heavy atom. The summed E-state index contributed by atoms with van der Waals surface area (Å²) in [7, 11) is 4.24. The molecule has 2 aliphatic rings. The Morgan fingerprint density at radius 3 is 2.11 bits per heavy atom. The van der Waals surface area contributed by atoms with Crippen molar-refractivity contribution in [3.8, 4) is 0 Å². The van der Waals surface area contributed by atoms with Gasteiger partial charge < -0.3 is 20.7 Å². The highest BCUT2D eigenvalue weighted by atomic mass is 16.5. The third-order valence-electron chi connectivity index (χ3n) is 4.92. The van der Waals surface area contributed by atoms with Crippen LogP contribution in [0.5, 0.6) is 0 Å². The predicted molar refractivity (Wildman–Crippen MR) is 122 cm³/mol. The van der Waals surface area contributed by atoms with Crippen LogP contribution in [0.15, 0.2) is 0 Å². The van der Waals surface area contributed by atoms with E-state index in [1.807, 2.05) is 34.7 Å². The molecule has 1 saturated heterocycles. The molecule has 166 valence electrons. The molecule has 1 saturated carbocycles. The van der Waals surface area contributed by atoms with Gasteiger partial charge in [0, 0.05) is 19.1 Å². The van der Waals surface area contributed by atoms with Gasteiger partial charge in [0.15, 0.2) is 0 Å². The Kier molecular flexibility index (Phi) is 25.6. The predicted octanol–water partition coefficient (Wildman–Crippen LogP) is 3.58. The molecule has 0 aromatic heterocycles. The summed E-state index contributed by atoms with van der Waals surface area (Å²) in [6.07, 6.45) is 9.50. The zero-order valence-corrected chi connectivity index (χ0v) is 19.6. The summed E-state index contributed by atoms with van der Waals surface area (Å²) in [4.78, 5) is 4.95. The third kappa shape index (κ3) is 17.6. The maximum Gasteiger partial charge on any atom is 0.0594 e. The Hall–Kier alpha value is -0.200. The molecule has 0 amide bonds. The zero-order chi connectivity index (χ0) is 20.8. The second-order valence-corrected chi connectivity index (χ2v) is 6.83. The first-order chi connectivity index (χ1) is 13.3. The molecule has 0 unspecified atom stereocenters. The topological polar surface area (TPSA) is 53.8 Å². The van der Waals surface area contributed by atoms with Gasteiger partial charge in [-0.15, -0.1) is 0 Å². The maximum atomic E-state index is 5.48. The fourth-order valence-corrected chi connectivity index (χ4v) is 3.35. The van der Waals surface area contributed by atoms with Crippen molar-refractivity contribution >= 4 is 0 Å². The van der Waals surface area contributed by atoms with Gasteiger partial charge in [0.05, 0.1) is 13.2 Å². The van der Waals surface area contributed by atoms with Crippen LogP contribution in [0.3, 0.4) is 0 Å². The molecule has 5 heteroatoms. The van der Waals surface area contributed by atoms with E-state index < -0.39 is 0 Å². The average Bonchev–Trinajstić information content (AvgIpc) is 2.77. The van der Waals surface area contributed by atoms with Gasteiger partial charge in [-0.2, -0.15) is 0 Å². The fourth-order valence-electron chi connectivity index (χ4n) is 3.35. The van der Waals surface area contributed by atoms with Gasteiger partial charge in [-0.1, -0.05) is 47.0 Å². The summed E-state index contributed by atoms with van der Waals surface area (Å²) < 4.78 is 5.25. The van der Waals surface area contributed by atoms with Crippen LogP contribution in [0, 0.1) is 0 Å². The molecule has 2 rings (SSSR count). The standard InChI is InChI=1S/C10H22N2.C8H18N2O.2C2H6/c1-12(9-5-8-11)10-6-3-2-4-7-10;1-9-3-2-4-10-5-7-11-8-6-10;2*1-2/h10H,2-9,11H2,1H3;9H,2-8H2,1H3;2*1-2H3. The normalized spacial score (nSPS) is 17.8. The van der Waals surface area contributed by atoms with Crippen molar-refractivity contribution in [1.29, 1.82) is 0 Å². The van der Waals surface area contributed by atoms with Gasteiger partial charge in [0.1, 0.15) is 0 Å². The van der Waals surface area contributed by atoms with Crippen LogP contribution in [-0.4, -0.2) is 82.4 Å². The van der Waals surface area contributed by atoms with E-state index >= 15 is 0 Å². The highest BCUT2D eigenvalue weighted by Gasteiger charge is 2.16. The average molecular weight is 389 g/mol. The summed E-state index contributed by atoms with van der Waals surface area (Å²) in [5, 5.41) is 3.15. The largest absolute Gasteiger partial charge is 0.379 e. The van der Waals surface area contributed by atoms with Crippen molar-refractivity contribution in [1.82, 2.24) is 15.1 Å². The second-order valence-electron chi connectivity index (χ2n) is 6.83. The van der Waals surface area contributed by atoms with Gasteiger partial charge in [-0.05, 0) is 66.0 Å². The Morgan fingerprint density at radius 2 is 1.59 bits per heavy atom. The van der Waals surface area contributed by atoms with Gasteiger partial charge in [-0.3, -0.25) is 4.90 Å². The molecule has 0 bridgehead atoms. The van der Waals surface area contributed by atoms with E-state index in [2.05, 4.69) is 22.2 Å². The van der Waals surface area contributed by atoms with Gasteiger partial charge in [0.2, 0.25) is 0 Å². The lowest BCUT2D eigenvalue weighted by Crippen LogP contribution is -2.37. The Labute approximate surface area is 171 Å². The molecule has 3 N–H and O–H groups in total. The number of rotatable bonds is 8. The lowest BCUT2D eigenvalue weighted by atomic mass is 9.94. The van der Waals surface area contributed by atoms with Gasteiger partial charge in [-0.25, -0.2) is 0 Å². The summed E-state index contributed by atoms with van der Waals surface area (Å²) in [6, 6.07) is 0.852. The molecular formula is C22H52N4O. The van der Waals surface area contributed by atoms with Crippen molar-refractivity contribution in [3.05, 3.63) is 0 Å². The minimum absolute atomic E-state index is 0.830. The van der Waals surface area contributed by atoms with E-state index in [1.54, 1.807) is 0 Å². The lowest BCUT2D eigenvalue weighted by Gasteiger charge is -2.30. The SMILES string of the molecule is CC.CC.CN(CCCN)C1CCCCC1.CNCCCN1CCOCC1. The number of ether oxygens (including phenoxy) is 1. The molecule has 2 fully saturated rings. The van der Waals surface area contributed by atoms with E-state index in [9.17, 15) is 0 Å². The number of nitrogens with one attached hydrogen (secondary N) is 1. The number of nitrogens with two attached hydrogens (primary N) is 1. The highest BCUT2D eigenvalue weighted by Crippen LogP contribution is 2.21. The Balaban J connectivity index is 0. The second kappa shape index (κ2) is 23.8. The zero-order valence-electron chi connectivity index (χ0n) is 19.6. The van der Waals surface area contributed by atoms with Crippen LogP contribution in [0.1, 0.15) is 72.6 Å². The molecule has 0 radical (unpaired) electrons. The summed E-state index contributed by atoms with van der Waals surface area (Å²) in [6.45, 7) is 16.4. The van der Waals surface area contributed by atoms with Crippen LogP contribution < -0.4 is 11.1 Å². The van der Waals surface area contributed by atoms with Crippen LogP contribution in [-0.2, 0) is 4.74 Å². The van der Waals surface area contributed by atoms with Crippen molar-refractivity contribution in [2.24, 2.45) is 5.73 Å². The third-order valence-corrected chi connectivity index (χ3v) is 4.92. The molecule has 1 heterocycles. The van der Waals surface area contributed by atoms with Crippen LogP contribution >= 0.6 is 0 Å². The molecule has 27 heavy (non-hydrogen) atoms. The van der Waals surface area contributed by atoms with E-state index in [-0.39, 0.29) is 0 Å². The monoisotopic (exact) mass is 388 g/mol. The molecule has 0 aromatic rings. The van der Waals surface area contributed by atoms with Crippen LogP contribution in [0.4, 0.5) is 0 Å². The summed E-state index contributed by atoms with van der Waals surface area (Å²) in [5.41, 5.74) is 5.48. The minimum atomic E-state index is 0.830. The van der Waals surface area contributed by atoms with E-state index in [0.717, 1.165) is 51.9 Å². The highest BCUT2D eigenvalue weighted by molar-refractivity contribution is 4.73. The Bertz CT molecular complexity index is 255. The quantitative estimate of drug-likeness (QED) is 0.623. The van der Waals surface area contributed by atoms with Crippen LogP contribution in [0.25, 0.3) is 0 Å². The van der Waals surface area contributed by atoms with Crippen molar-refractivity contribution in [2.75, 3.05) is 66.6 Å². The first-order valence-electron chi connectivity index (χ1n) is 11.6. The molecule has 0 spiro atoms. The number of morpholine rings is 1. The molecule has 0 aromatic carbocycles. The van der Waals surface area contributed by atoms with E-state index in [0.29, 0.717) is 0 Å². The number of nitrogens with zero attached hydrogens (tertiary/aromatic N) is 2. The summed E-state index contributed by atoms with van der Waals surface area (Å²) in [5.74, 6) is 0. The molecule has 0 atom stereocenters. The molecular weight excluding hydrogens is 336 g/mol. The fraction of sp³-hybridized carbons (Fsp3) is 1.00. The van der Waals surface area contributed by atoms with Crippen molar-refractivity contribution < 1.29 is 4.74 Å². The number of hydrogen-bond donors (Lipinski definition) is 2. The first kappa shape index (κ1) is 29.0. The smallest absolute Gasteiger partial charge is 0.0594 e. The van der Waals surface area contributed by atoms with Crippen molar-refractivity contribution in [2.45, 2.75) is 78.7 Å². The molecule has 5 nitrogen and oxygen atoms in total. The summed E-state index contributed by atoms with van der Waals surface area (Å²) >= 11 is 0. The molecule has 1 aliphatic carbocycles. The lowest BCUT2D eigenvalue weighted by molar-refractivity contribution is 0.0375. The van der Waals surface area contributed by atoms with Gasteiger partial charge in [0.25, 0.3) is 0 Å². The van der Waals surface area contributed by atoms with Crippen molar-refractivity contribution in [3.63, 3.8) is 0 Å². The number of hydrogen-bond acceptors (Lipinski definition) is 5. The first-order valence-corrected chi connectivity index (χ1v) is 11.6. The van der Waals surface area contributed by atoms with Gasteiger partial charge >= 0.3 is 0 Å². The maximum absolute atomic E-state index is 5.48. The van der Waals surface area contributed by atoms with Crippen LogP contribution in [0.2, 0.25) is 0 Å². The van der Waals surface area contributed by atoms with E-state index in [1.165, 1.54) is 51.6 Å².